The molecule has 0 fully saturated rings. The number of rotatable bonds is 3. The number of hydrogen-bond donors (Lipinski definition) is 1. The maximum atomic E-state index is 13.4. The van der Waals surface area contributed by atoms with Crippen LogP contribution in [-0.4, -0.2) is 16.7 Å². The van der Waals surface area contributed by atoms with Crippen LogP contribution < -0.4 is 10.3 Å². The normalized spacial score (nSPS) is 11.1. The topological polar surface area (TPSA) is 47.0 Å². The highest BCUT2D eigenvalue weighted by molar-refractivity contribution is 7.71. The Morgan fingerprint density at radius 3 is 2.41 bits per heavy atom. The van der Waals surface area contributed by atoms with Crippen molar-refractivity contribution in [2.45, 2.75) is 6.92 Å². The molecule has 0 bridgehead atoms. The summed E-state index contributed by atoms with van der Waals surface area (Å²) in [5.41, 5.74) is 2.40. The number of benzene rings is 2. The van der Waals surface area contributed by atoms with E-state index in [1.807, 2.05) is 43.3 Å². The highest BCUT2D eigenvalue weighted by Crippen LogP contribution is 2.36. The lowest BCUT2D eigenvalue weighted by Gasteiger charge is -2.09. The summed E-state index contributed by atoms with van der Waals surface area (Å²) in [6, 6.07) is 14.7. The Labute approximate surface area is 169 Å². The van der Waals surface area contributed by atoms with Crippen molar-refractivity contribution in [3.8, 4) is 22.6 Å². The van der Waals surface area contributed by atoms with Crippen LogP contribution in [0.1, 0.15) is 4.88 Å². The van der Waals surface area contributed by atoms with Gasteiger partial charge in [0.15, 0.2) is 4.77 Å². The molecule has 0 amide bonds. The molecule has 0 unspecified atom stereocenters. The van der Waals surface area contributed by atoms with Crippen LogP contribution in [0, 0.1) is 11.7 Å². The molecule has 1 N–H and O–H groups in total. The van der Waals surface area contributed by atoms with Crippen molar-refractivity contribution in [3.63, 3.8) is 0 Å². The third-order valence-electron chi connectivity index (χ3n) is 4.39. The smallest absolute Gasteiger partial charge is 0.268 e. The van der Waals surface area contributed by atoms with Gasteiger partial charge in [0, 0.05) is 15.5 Å². The van der Waals surface area contributed by atoms with E-state index >= 15 is 0 Å². The fraction of sp³-hybridized carbons (Fsp3) is 0.100. The van der Waals surface area contributed by atoms with E-state index in [9.17, 15) is 4.79 Å². The first kappa shape index (κ1) is 18.0. The maximum absolute atomic E-state index is 13.4. The first-order valence-electron chi connectivity index (χ1n) is 8.18. The van der Waals surface area contributed by atoms with Gasteiger partial charge in [-0.2, -0.15) is 0 Å². The Hall–Kier alpha value is -2.41. The molecule has 2 heterocycles. The second-order valence-corrected chi connectivity index (χ2v) is 8.06. The summed E-state index contributed by atoms with van der Waals surface area (Å²) in [6.07, 6.45) is 0. The molecule has 0 spiro atoms. The van der Waals surface area contributed by atoms with Crippen molar-refractivity contribution < 1.29 is 4.74 Å². The van der Waals surface area contributed by atoms with Crippen molar-refractivity contribution in [1.29, 1.82) is 0 Å². The van der Waals surface area contributed by atoms with Gasteiger partial charge in [0.1, 0.15) is 10.6 Å². The number of aryl methyl sites for hydroxylation is 1. The molecule has 27 heavy (non-hydrogen) atoms. The number of H-pyrrole nitrogens is 1. The highest BCUT2D eigenvalue weighted by atomic mass is 35.5. The van der Waals surface area contributed by atoms with Gasteiger partial charge in [0.05, 0.1) is 18.2 Å². The maximum Gasteiger partial charge on any atom is 0.268 e. The first-order chi connectivity index (χ1) is 13.0. The predicted molar refractivity (Wildman–Crippen MR) is 114 cm³/mol. The molecule has 0 aliphatic carbocycles. The lowest BCUT2D eigenvalue weighted by atomic mass is 10.0. The van der Waals surface area contributed by atoms with Gasteiger partial charge in [0.25, 0.3) is 5.56 Å². The van der Waals surface area contributed by atoms with Crippen LogP contribution in [0.25, 0.3) is 27.0 Å². The SMILES string of the molecule is COc1ccc(-n2c(=S)[nH]c3sc(C)c(-c4ccc(Cl)cc4)c3c2=O)cc1. The van der Waals surface area contributed by atoms with Crippen LogP contribution in [0.5, 0.6) is 5.75 Å². The summed E-state index contributed by atoms with van der Waals surface area (Å²) in [5.74, 6) is 0.719. The van der Waals surface area contributed by atoms with Crippen LogP contribution >= 0.6 is 35.2 Å². The average molecular weight is 415 g/mol. The Bertz CT molecular complexity index is 1250. The van der Waals surface area contributed by atoms with E-state index in [0.717, 1.165) is 26.6 Å². The fourth-order valence-electron chi connectivity index (χ4n) is 3.12. The van der Waals surface area contributed by atoms with Crippen LogP contribution in [-0.2, 0) is 0 Å². The number of halogens is 1. The zero-order valence-corrected chi connectivity index (χ0v) is 17.0. The number of hydrogen-bond acceptors (Lipinski definition) is 4. The molecule has 4 aromatic rings. The standard InChI is InChI=1S/C20H15ClN2O2S2/c1-11-16(12-3-5-13(21)6-4-12)17-18(27-11)22-20(26)23(19(17)24)14-7-9-15(25-2)10-8-14/h3-10H,1-2H3,(H,22,26). The minimum absolute atomic E-state index is 0.145. The number of nitrogens with zero attached hydrogens (tertiary/aromatic N) is 1. The van der Waals surface area contributed by atoms with Gasteiger partial charge < -0.3 is 9.72 Å². The van der Waals surface area contributed by atoms with Gasteiger partial charge >= 0.3 is 0 Å². The zero-order valence-electron chi connectivity index (χ0n) is 14.6. The van der Waals surface area contributed by atoms with E-state index in [1.165, 1.54) is 15.9 Å². The molecule has 0 aliphatic rings. The van der Waals surface area contributed by atoms with Crippen molar-refractivity contribution in [2.24, 2.45) is 0 Å². The summed E-state index contributed by atoms with van der Waals surface area (Å²) in [6.45, 7) is 2.00. The first-order valence-corrected chi connectivity index (χ1v) is 9.78. The minimum Gasteiger partial charge on any atom is -0.497 e. The highest BCUT2D eigenvalue weighted by Gasteiger charge is 2.18. The molecule has 0 saturated heterocycles. The number of methoxy groups -OCH3 is 1. The lowest BCUT2D eigenvalue weighted by Crippen LogP contribution is -2.20. The zero-order chi connectivity index (χ0) is 19.1. The Morgan fingerprint density at radius 1 is 1.11 bits per heavy atom. The molecule has 0 aliphatic heterocycles. The largest absolute Gasteiger partial charge is 0.497 e. The molecular formula is C20H15ClN2O2S2. The molecule has 4 nitrogen and oxygen atoms in total. The molecule has 0 saturated carbocycles. The van der Waals surface area contributed by atoms with Gasteiger partial charge in [-0.3, -0.25) is 9.36 Å². The average Bonchev–Trinajstić information content (AvgIpc) is 2.99. The van der Waals surface area contributed by atoms with Gasteiger partial charge in [0.2, 0.25) is 0 Å². The van der Waals surface area contributed by atoms with Crippen molar-refractivity contribution in [3.05, 3.63) is 73.6 Å². The lowest BCUT2D eigenvalue weighted by molar-refractivity contribution is 0.414. The molecule has 2 aromatic heterocycles. The Morgan fingerprint density at radius 2 is 1.78 bits per heavy atom. The molecule has 136 valence electrons. The molecule has 2 aromatic carbocycles. The van der Waals surface area contributed by atoms with Crippen molar-refractivity contribution in [2.75, 3.05) is 7.11 Å². The monoisotopic (exact) mass is 414 g/mol. The predicted octanol–water partition coefficient (Wildman–Crippen LogP) is 5.75. The molecular weight excluding hydrogens is 400 g/mol. The number of aromatic nitrogens is 2. The minimum atomic E-state index is -0.145. The number of aromatic amines is 1. The third kappa shape index (κ3) is 3.10. The molecule has 0 atom stereocenters. The summed E-state index contributed by atoms with van der Waals surface area (Å²) < 4.78 is 7.07. The van der Waals surface area contributed by atoms with E-state index < -0.39 is 0 Å². The summed E-state index contributed by atoms with van der Waals surface area (Å²) in [7, 11) is 1.60. The van der Waals surface area contributed by atoms with Gasteiger partial charge in [-0.1, -0.05) is 23.7 Å². The van der Waals surface area contributed by atoms with Crippen LogP contribution in [0.15, 0.2) is 53.3 Å². The number of thiophene rings is 1. The van der Waals surface area contributed by atoms with Gasteiger partial charge in [-0.05, 0) is 61.1 Å². The van der Waals surface area contributed by atoms with Gasteiger partial charge in [-0.15, -0.1) is 11.3 Å². The van der Waals surface area contributed by atoms with E-state index in [2.05, 4.69) is 4.98 Å². The van der Waals surface area contributed by atoms with E-state index in [4.69, 9.17) is 28.6 Å². The quantitative estimate of drug-likeness (QED) is 0.434. The van der Waals surface area contributed by atoms with Crippen LogP contribution in [0.3, 0.4) is 0 Å². The van der Waals surface area contributed by atoms with Crippen molar-refractivity contribution in [1.82, 2.24) is 9.55 Å². The van der Waals surface area contributed by atoms with E-state index in [1.54, 1.807) is 19.2 Å². The summed E-state index contributed by atoms with van der Waals surface area (Å²) in [5, 5.41) is 1.29. The fourth-order valence-corrected chi connectivity index (χ4v) is 4.67. The Balaban J connectivity index is 2.02. The third-order valence-corrected chi connectivity index (χ3v) is 5.95. The van der Waals surface area contributed by atoms with Crippen LogP contribution in [0.4, 0.5) is 0 Å². The molecule has 4 rings (SSSR count). The second kappa shape index (κ2) is 6.96. The molecule has 7 heteroatoms. The van der Waals surface area contributed by atoms with Crippen LogP contribution in [0.2, 0.25) is 5.02 Å². The van der Waals surface area contributed by atoms with E-state index in [-0.39, 0.29) is 5.56 Å². The Kier molecular flexibility index (Phi) is 4.63. The summed E-state index contributed by atoms with van der Waals surface area (Å²) in [4.78, 5) is 18.4. The number of nitrogens with one attached hydrogen (secondary N) is 1. The van der Waals surface area contributed by atoms with Gasteiger partial charge in [-0.25, -0.2) is 0 Å². The summed E-state index contributed by atoms with van der Waals surface area (Å²) >= 11 is 13.0. The number of ether oxygens (including phenoxy) is 1. The second-order valence-electron chi connectivity index (χ2n) is 6.01. The number of fused-ring (bicyclic) bond motifs is 1. The van der Waals surface area contributed by atoms with Crippen molar-refractivity contribution >= 4 is 45.4 Å². The molecule has 0 radical (unpaired) electrons. The van der Waals surface area contributed by atoms with E-state index in [0.29, 0.717) is 20.9 Å².